The van der Waals surface area contributed by atoms with Gasteiger partial charge in [0.2, 0.25) is 5.95 Å². The summed E-state index contributed by atoms with van der Waals surface area (Å²) in [5, 5.41) is 0. The zero-order chi connectivity index (χ0) is 18.5. The predicted octanol–water partition coefficient (Wildman–Crippen LogP) is 1.55. The minimum atomic E-state index is 0.00625. The smallest absolute Gasteiger partial charge is 0.225 e. The first kappa shape index (κ1) is 18.2. The number of aromatic nitrogens is 4. The second-order valence-corrected chi connectivity index (χ2v) is 6.88. The average molecular weight is 370 g/mol. The highest BCUT2D eigenvalue weighted by Crippen LogP contribution is 2.34. The lowest BCUT2D eigenvalue weighted by Gasteiger charge is -2.34. The molecule has 8 nitrogen and oxygen atoms in total. The second-order valence-electron chi connectivity index (χ2n) is 6.88. The highest BCUT2D eigenvalue weighted by atomic mass is 16.5. The molecule has 2 aliphatic heterocycles. The van der Waals surface area contributed by atoms with Crippen molar-refractivity contribution in [1.29, 1.82) is 0 Å². The molecule has 2 saturated heterocycles. The molecule has 0 spiro atoms. The average Bonchev–Trinajstić information content (AvgIpc) is 3.28. The first-order valence-electron chi connectivity index (χ1n) is 9.56. The molecule has 2 fully saturated rings. The third-order valence-electron chi connectivity index (χ3n) is 5.15. The van der Waals surface area contributed by atoms with E-state index in [0.29, 0.717) is 0 Å². The van der Waals surface area contributed by atoms with Crippen molar-refractivity contribution in [3.8, 4) is 11.3 Å². The number of rotatable bonds is 6. The van der Waals surface area contributed by atoms with Gasteiger partial charge in [-0.25, -0.2) is 9.97 Å². The molecule has 4 rings (SSSR count). The van der Waals surface area contributed by atoms with Crippen LogP contribution in [0.25, 0.3) is 11.3 Å². The van der Waals surface area contributed by atoms with Crippen LogP contribution in [0.5, 0.6) is 0 Å². The standard InChI is InChI=1S/C19H26N6O2/c1-26-12-10-24-6-8-25(9-7-24)19-22-13-15(16-14-20-4-5-21-16)18(23-19)17-3-2-11-27-17/h4-5,13-14,17H,2-3,6-12H2,1H3. The molecule has 2 aromatic heterocycles. The fourth-order valence-electron chi connectivity index (χ4n) is 3.60. The Bertz CT molecular complexity index is 730. The molecular weight excluding hydrogens is 344 g/mol. The van der Waals surface area contributed by atoms with Gasteiger partial charge >= 0.3 is 0 Å². The highest BCUT2D eigenvalue weighted by molar-refractivity contribution is 5.61. The minimum absolute atomic E-state index is 0.00625. The number of ether oxygens (including phenoxy) is 2. The van der Waals surface area contributed by atoms with E-state index >= 15 is 0 Å². The third kappa shape index (κ3) is 4.23. The highest BCUT2D eigenvalue weighted by Gasteiger charge is 2.26. The van der Waals surface area contributed by atoms with Crippen LogP contribution in [-0.2, 0) is 9.47 Å². The van der Waals surface area contributed by atoms with Gasteiger partial charge in [-0.15, -0.1) is 0 Å². The van der Waals surface area contributed by atoms with E-state index in [0.717, 1.165) is 81.7 Å². The van der Waals surface area contributed by atoms with Gasteiger partial charge in [0, 0.05) is 70.6 Å². The summed E-state index contributed by atoms with van der Waals surface area (Å²) in [4.78, 5) is 22.9. The Hall–Kier alpha value is -2.16. The van der Waals surface area contributed by atoms with Crippen molar-refractivity contribution in [2.75, 3.05) is 57.9 Å². The van der Waals surface area contributed by atoms with Crippen molar-refractivity contribution in [3.63, 3.8) is 0 Å². The molecule has 1 unspecified atom stereocenters. The van der Waals surface area contributed by atoms with Crippen molar-refractivity contribution < 1.29 is 9.47 Å². The summed E-state index contributed by atoms with van der Waals surface area (Å²) in [6.07, 6.45) is 9.05. The molecule has 0 amide bonds. The van der Waals surface area contributed by atoms with E-state index in [-0.39, 0.29) is 6.10 Å². The number of hydrogen-bond donors (Lipinski definition) is 0. The minimum Gasteiger partial charge on any atom is -0.383 e. The van der Waals surface area contributed by atoms with E-state index in [4.69, 9.17) is 14.5 Å². The normalized spacial score (nSPS) is 20.9. The molecule has 144 valence electrons. The van der Waals surface area contributed by atoms with Crippen LogP contribution in [0.1, 0.15) is 24.6 Å². The van der Waals surface area contributed by atoms with Crippen LogP contribution in [0, 0.1) is 0 Å². The molecule has 0 aliphatic carbocycles. The van der Waals surface area contributed by atoms with Crippen LogP contribution in [0.4, 0.5) is 5.95 Å². The molecule has 0 aromatic carbocycles. The maximum atomic E-state index is 5.93. The van der Waals surface area contributed by atoms with Crippen LogP contribution in [-0.4, -0.2) is 77.9 Å². The van der Waals surface area contributed by atoms with E-state index < -0.39 is 0 Å². The third-order valence-corrected chi connectivity index (χ3v) is 5.15. The van der Waals surface area contributed by atoms with Crippen LogP contribution >= 0.6 is 0 Å². The quantitative estimate of drug-likeness (QED) is 0.758. The van der Waals surface area contributed by atoms with E-state index in [1.165, 1.54) is 0 Å². The molecule has 27 heavy (non-hydrogen) atoms. The van der Waals surface area contributed by atoms with Gasteiger partial charge in [0.05, 0.1) is 24.2 Å². The first-order chi connectivity index (χ1) is 13.3. The fourth-order valence-corrected chi connectivity index (χ4v) is 3.60. The van der Waals surface area contributed by atoms with Crippen molar-refractivity contribution in [3.05, 3.63) is 30.5 Å². The molecule has 0 N–H and O–H groups in total. The molecule has 2 aliphatic rings. The van der Waals surface area contributed by atoms with Crippen LogP contribution < -0.4 is 4.90 Å². The lowest BCUT2D eigenvalue weighted by atomic mass is 10.1. The van der Waals surface area contributed by atoms with Crippen LogP contribution in [0.2, 0.25) is 0 Å². The van der Waals surface area contributed by atoms with Gasteiger partial charge in [-0.05, 0) is 12.8 Å². The van der Waals surface area contributed by atoms with Crippen molar-refractivity contribution in [2.24, 2.45) is 0 Å². The fraction of sp³-hybridized carbons (Fsp3) is 0.579. The zero-order valence-corrected chi connectivity index (χ0v) is 15.8. The molecule has 2 aromatic rings. The molecule has 0 bridgehead atoms. The maximum Gasteiger partial charge on any atom is 0.225 e. The Balaban J connectivity index is 1.55. The van der Waals surface area contributed by atoms with E-state index in [1.54, 1.807) is 25.7 Å². The number of piperazine rings is 1. The largest absolute Gasteiger partial charge is 0.383 e. The second kappa shape index (κ2) is 8.69. The van der Waals surface area contributed by atoms with Crippen LogP contribution in [0.3, 0.4) is 0 Å². The molecule has 0 radical (unpaired) electrons. The molecular formula is C19H26N6O2. The summed E-state index contributed by atoms with van der Waals surface area (Å²) < 4.78 is 11.1. The van der Waals surface area contributed by atoms with E-state index in [2.05, 4.69) is 24.8 Å². The monoisotopic (exact) mass is 370 g/mol. The van der Waals surface area contributed by atoms with Gasteiger partial charge < -0.3 is 14.4 Å². The zero-order valence-electron chi connectivity index (χ0n) is 15.8. The molecule has 4 heterocycles. The van der Waals surface area contributed by atoms with E-state index in [1.807, 2.05) is 6.20 Å². The molecule has 1 atom stereocenters. The number of methoxy groups -OCH3 is 1. The van der Waals surface area contributed by atoms with Gasteiger partial charge in [-0.1, -0.05) is 0 Å². The topological polar surface area (TPSA) is 76.5 Å². The summed E-state index contributed by atoms with van der Waals surface area (Å²) in [6, 6.07) is 0. The maximum absolute atomic E-state index is 5.93. The van der Waals surface area contributed by atoms with Gasteiger partial charge in [0.15, 0.2) is 0 Å². The SMILES string of the molecule is COCCN1CCN(c2ncc(-c3cnccn3)c(C3CCCO3)n2)CC1. The lowest BCUT2D eigenvalue weighted by molar-refractivity contribution is 0.109. The van der Waals surface area contributed by atoms with Crippen molar-refractivity contribution >= 4 is 5.95 Å². The molecule has 8 heteroatoms. The summed E-state index contributed by atoms with van der Waals surface area (Å²) in [6.45, 7) is 6.34. The number of anilines is 1. The van der Waals surface area contributed by atoms with Crippen molar-refractivity contribution in [2.45, 2.75) is 18.9 Å². The Kier molecular flexibility index (Phi) is 5.86. The molecule has 0 saturated carbocycles. The van der Waals surface area contributed by atoms with Gasteiger partial charge in [-0.2, -0.15) is 0 Å². The summed E-state index contributed by atoms with van der Waals surface area (Å²) in [5.41, 5.74) is 2.64. The summed E-state index contributed by atoms with van der Waals surface area (Å²) in [7, 11) is 1.75. The van der Waals surface area contributed by atoms with Crippen LogP contribution in [0.15, 0.2) is 24.8 Å². The Labute approximate surface area is 159 Å². The van der Waals surface area contributed by atoms with Gasteiger partial charge in [0.1, 0.15) is 6.10 Å². The number of nitrogens with zero attached hydrogens (tertiary/aromatic N) is 6. The summed E-state index contributed by atoms with van der Waals surface area (Å²) >= 11 is 0. The lowest BCUT2D eigenvalue weighted by Crippen LogP contribution is -2.47. The summed E-state index contributed by atoms with van der Waals surface area (Å²) in [5.74, 6) is 0.777. The Morgan fingerprint density at radius 3 is 2.74 bits per heavy atom. The number of hydrogen-bond acceptors (Lipinski definition) is 8. The first-order valence-corrected chi connectivity index (χ1v) is 9.56. The Morgan fingerprint density at radius 2 is 2.04 bits per heavy atom. The van der Waals surface area contributed by atoms with E-state index in [9.17, 15) is 0 Å². The van der Waals surface area contributed by atoms with Gasteiger partial charge in [0.25, 0.3) is 0 Å². The van der Waals surface area contributed by atoms with Crippen molar-refractivity contribution in [1.82, 2.24) is 24.8 Å². The predicted molar refractivity (Wildman–Crippen MR) is 102 cm³/mol. The Morgan fingerprint density at radius 1 is 1.15 bits per heavy atom. The van der Waals surface area contributed by atoms with Gasteiger partial charge in [-0.3, -0.25) is 14.9 Å².